The topological polar surface area (TPSA) is 127 Å². The molecule has 0 aliphatic carbocycles. The molecule has 216 valence electrons. The van der Waals surface area contributed by atoms with E-state index in [0.717, 1.165) is 26.2 Å². The van der Waals surface area contributed by atoms with Gasteiger partial charge in [-0.1, -0.05) is 0 Å². The van der Waals surface area contributed by atoms with Crippen LogP contribution in [-0.2, 0) is 4.79 Å². The lowest BCUT2D eigenvalue weighted by molar-refractivity contribution is -0.129. The zero-order valence-corrected chi connectivity index (χ0v) is 23.8. The Morgan fingerprint density at radius 1 is 0.667 bits per heavy atom. The van der Waals surface area contributed by atoms with Gasteiger partial charge in [-0.2, -0.15) is 19.9 Å². The normalized spacial score (nSPS) is 15.3. The molecule has 0 bridgehead atoms. The number of anilines is 2. The summed E-state index contributed by atoms with van der Waals surface area (Å²) >= 11 is 0. The van der Waals surface area contributed by atoms with Crippen LogP contribution in [0.4, 0.5) is 11.9 Å². The van der Waals surface area contributed by atoms with Crippen LogP contribution in [0.1, 0.15) is 34.6 Å². The second kappa shape index (κ2) is 15.7. The van der Waals surface area contributed by atoms with Gasteiger partial charge in [0.25, 0.3) is 0 Å². The number of hydrogen-bond acceptors (Lipinski definition) is 12. The van der Waals surface area contributed by atoms with Gasteiger partial charge in [-0.25, -0.2) is 0 Å². The minimum Gasteiger partial charge on any atom is -0.478 e. The van der Waals surface area contributed by atoms with Crippen molar-refractivity contribution in [2.45, 2.75) is 34.6 Å². The van der Waals surface area contributed by atoms with Gasteiger partial charge in [0.15, 0.2) is 0 Å². The lowest BCUT2D eigenvalue weighted by atomic mass is 10.3. The van der Waals surface area contributed by atoms with Gasteiger partial charge in [-0.3, -0.25) is 4.79 Å². The van der Waals surface area contributed by atoms with E-state index >= 15 is 0 Å². The van der Waals surface area contributed by atoms with Gasteiger partial charge in [0.2, 0.25) is 41.3 Å². The Kier molecular flexibility index (Phi) is 12.1. The zero-order chi connectivity index (χ0) is 28.0. The molecule has 0 saturated carbocycles. The van der Waals surface area contributed by atoms with Crippen LogP contribution in [0.2, 0.25) is 0 Å². The van der Waals surface area contributed by atoms with Gasteiger partial charge in [-0.15, -0.1) is 0 Å². The summed E-state index contributed by atoms with van der Waals surface area (Å²) in [5.41, 5.74) is 0. The van der Waals surface area contributed by atoms with Crippen LogP contribution < -0.4 is 34.1 Å². The monoisotopic (exact) mass is 546 g/mol. The molecule has 0 radical (unpaired) electrons. The lowest BCUT2D eigenvalue weighted by Crippen LogP contribution is -2.48. The van der Waals surface area contributed by atoms with Crippen LogP contribution in [0.15, 0.2) is 12.1 Å². The molecule has 13 heteroatoms. The van der Waals surface area contributed by atoms with E-state index in [0.29, 0.717) is 88.0 Å². The van der Waals surface area contributed by atoms with Gasteiger partial charge in [0.05, 0.1) is 38.6 Å². The molecule has 1 amide bonds. The number of piperazine rings is 2. The van der Waals surface area contributed by atoms with Gasteiger partial charge in [-0.05, 0) is 27.7 Å². The summed E-state index contributed by atoms with van der Waals surface area (Å²) in [5.74, 6) is 3.56. The van der Waals surface area contributed by atoms with Crippen LogP contribution in [0.5, 0.6) is 23.5 Å². The summed E-state index contributed by atoms with van der Waals surface area (Å²) in [6.07, 6.45) is 0. The molecule has 39 heavy (non-hydrogen) atoms. The number of rotatable bonds is 10. The standard InChI is InChI=1S/C14H22N4O3.C12H20N4O2/c1-4-20-12-10-13(21-5-2)16-14(15-12)18-8-6-17(7-9-18)11(3)19;1-3-17-10-9-11(18-4-2)15-12(14-10)16-7-5-13-6-8-16/h10H,4-9H2,1-3H3;9,13H,3-8H2,1-2H3. The fourth-order valence-electron chi connectivity index (χ4n) is 4.04. The van der Waals surface area contributed by atoms with E-state index in [4.69, 9.17) is 18.9 Å². The third kappa shape index (κ3) is 9.27. The average molecular weight is 547 g/mol. The fourth-order valence-corrected chi connectivity index (χ4v) is 4.04. The van der Waals surface area contributed by atoms with Crippen LogP contribution in [-0.4, -0.2) is 110 Å². The molecule has 4 heterocycles. The maximum Gasteiger partial charge on any atom is 0.232 e. The predicted molar refractivity (Wildman–Crippen MR) is 148 cm³/mol. The first-order chi connectivity index (χ1) is 19.0. The van der Waals surface area contributed by atoms with Gasteiger partial charge < -0.3 is 39.0 Å². The highest BCUT2D eigenvalue weighted by molar-refractivity contribution is 5.73. The number of carbonyl (C=O) groups excluding carboxylic acids is 1. The Morgan fingerprint density at radius 3 is 1.36 bits per heavy atom. The molecule has 1 N–H and O–H groups in total. The second-order valence-corrected chi connectivity index (χ2v) is 8.65. The first-order valence-electron chi connectivity index (χ1n) is 13.7. The molecule has 4 rings (SSSR count). The first kappa shape index (κ1) is 29.9. The molecule has 2 fully saturated rings. The number of nitrogens with zero attached hydrogens (tertiary/aromatic N) is 7. The number of aromatic nitrogens is 4. The Labute approximate surface area is 230 Å². The van der Waals surface area contributed by atoms with Crippen LogP contribution in [0.3, 0.4) is 0 Å². The van der Waals surface area contributed by atoms with Crippen LogP contribution >= 0.6 is 0 Å². The average Bonchev–Trinajstić information content (AvgIpc) is 2.94. The Balaban J connectivity index is 0.000000218. The molecule has 0 unspecified atom stereocenters. The lowest BCUT2D eigenvalue weighted by Gasteiger charge is -2.34. The van der Waals surface area contributed by atoms with Gasteiger partial charge in [0, 0.05) is 59.3 Å². The van der Waals surface area contributed by atoms with E-state index in [1.54, 1.807) is 19.1 Å². The van der Waals surface area contributed by atoms with Crippen molar-refractivity contribution in [3.8, 4) is 23.5 Å². The highest BCUT2D eigenvalue weighted by atomic mass is 16.5. The highest BCUT2D eigenvalue weighted by Crippen LogP contribution is 2.22. The number of amides is 1. The molecular formula is C26H42N8O5. The highest BCUT2D eigenvalue weighted by Gasteiger charge is 2.22. The van der Waals surface area contributed by atoms with Crippen molar-refractivity contribution in [1.29, 1.82) is 0 Å². The number of ether oxygens (including phenoxy) is 4. The summed E-state index contributed by atoms with van der Waals surface area (Å²) in [6, 6.07) is 3.43. The van der Waals surface area contributed by atoms with Gasteiger partial charge >= 0.3 is 0 Å². The molecule has 2 aromatic heterocycles. The number of carbonyl (C=O) groups is 1. The van der Waals surface area contributed by atoms with E-state index in [-0.39, 0.29) is 5.91 Å². The largest absolute Gasteiger partial charge is 0.478 e. The first-order valence-corrected chi connectivity index (χ1v) is 13.7. The Morgan fingerprint density at radius 2 is 1.03 bits per heavy atom. The van der Waals surface area contributed by atoms with Crippen molar-refractivity contribution in [2.75, 3.05) is 88.6 Å². The minimum absolute atomic E-state index is 0.105. The van der Waals surface area contributed by atoms with E-state index in [1.165, 1.54) is 0 Å². The molecule has 2 saturated heterocycles. The molecule has 0 atom stereocenters. The van der Waals surface area contributed by atoms with Crippen molar-refractivity contribution >= 4 is 17.8 Å². The summed E-state index contributed by atoms with van der Waals surface area (Å²) < 4.78 is 21.8. The van der Waals surface area contributed by atoms with E-state index in [1.807, 2.05) is 37.5 Å². The zero-order valence-electron chi connectivity index (χ0n) is 23.8. The van der Waals surface area contributed by atoms with Crippen molar-refractivity contribution in [1.82, 2.24) is 30.2 Å². The van der Waals surface area contributed by atoms with Crippen molar-refractivity contribution in [3.05, 3.63) is 12.1 Å². The van der Waals surface area contributed by atoms with Crippen LogP contribution in [0, 0.1) is 0 Å². The second-order valence-electron chi connectivity index (χ2n) is 8.65. The molecule has 0 aromatic carbocycles. The minimum atomic E-state index is 0.105. The molecule has 2 aliphatic heterocycles. The molecule has 2 aromatic rings. The van der Waals surface area contributed by atoms with Crippen molar-refractivity contribution in [3.63, 3.8) is 0 Å². The Bertz CT molecular complexity index is 981. The number of hydrogen-bond donors (Lipinski definition) is 1. The molecular weight excluding hydrogens is 504 g/mol. The molecule has 0 spiro atoms. The third-order valence-electron chi connectivity index (χ3n) is 5.91. The van der Waals surface area contributed by atoms with E-state index < -0.39 is 0 Å². The predicted octanol–water partition coefficient (Wildman–Crippen LogP) is 1.63. The smallest absolute Gasteiger partial charge is 0.232 e. The van der Waals surface area contributed by atoms with Gasteiger partial charge in [0.1, 0.15) is 0 Å². The molecule has 2 aliphatic rings. The van der Waals surface area contributed by atoms with E-state index in [9.17, 15) is 4.79 Å². The molecule has 13 nitrogen and oxygen atoms in total. The van der Waals surface area contributed by atoms with Crippen molar-refractivity contribution < 1.29 is 23.7 Å². The van der Waals surface area contributed by atoms with Crippen LogP contribution in [0.25, 0.3) is 0 Å². The SMILES string of the molecule is CCOc1cc(OCC)nc(N2CCN(C(C)=O)CC2)n1.CCOc1cc(OCC)nc(N2CCNCC2)n1. The summed E-state index contributed by atoms with van der Waals surface area (Å²) in [5, 5.41) is 3.30. The quantitative estimate of drug-likeness (QED) is 0.465. The summed E-state index contributed by atoms with van der Waals surface area (Å²) in [4.78, 5) is 35.0. The Hall–Kier alpha value is -3.61. The summed E-state index contributed by atoms with van der Waals surface area (Å²) in [7, 11) is 0. The van der Waals surface area contributed by atoms with Crippen molar-refractivity contribution in [2.24, 2.45) is 0 Å². The maximum atomic E-state index is 11.4. The summed E-state index contributed by atoms with van der Waals surface area (Å²) in [6.45, 7) is 18.0. The maximum absolute atomic E-state index is 11.4. The van der Waals surface area contributed by atoms with E-state index in [2.05, 4.69) is 30.2 Å². The number of nitrogens with one attached hydrogen (secondary N) is 1. The third-order valence-corrected chi connectivity index (χ3v) is 5.91. The fraction of sp³-hybridized carbons (Fsp3) is 0.654.